The molecule has 34 heavy (non-hydrogen) atoms. The fraction of sp³-hybridized carbons (Fsp3) is 0.533. The molecule has 0 heterocycles. The van der Waals surface area contributed by atoms with Gasteiger partial charge >= 0.3 is 5.97 Å². The molecule has 0 saturated heterocycles. The molecule has 3 nitrogen and oxygen atoms in total. The molecule has 185 valence electrons. The van der Waals surface area contributed by atoms with E-state index in [4.69, 9.17) is 9.47 Å². The normalized spacial score (nSPS) is 14.2. The van der Waals surface area contributed by atoms with Crippen LogP contribution in [0.2, 0.25) is 0 Å². The molecular formula is C30H40FO3. The zero-order chi connectivity index (χ0) is 24.0. The monoisotopic (exact) mass is 467 g/mol. The van der Waals surface area contributed by atoms with Crippen molar-refractivity contribution in [2.75, 3.05) is 6.61 Å². The van der Waals surface area contributed by atoms with Crippen LogP contribution in [0.3, 0.4) is 0 Å². The fourth-order valence-corrected chi connectivity index (χ4v) is 4.53. The quantitative estimate of drug-likeness (QED) is 0.159. The molecular weight excluding hydrogens is 427 g/mol. The van der Waals surface area contributed by atoms with Crippen molar-refractivity contribution in [2.45, 2.75) is 90.4 Å². The number of carbonyl (C=O) groups is 1. The first-order chi connectivity index (χ1) is 16.7. The van der Waals surface area contributed by atoms with Crippen LogP contribution in [-0.2, 0) is 6.42 Å². The van der Waals surface area contributed by atoms with Gasteiger partial charge in [0.2, 0.25) is 0 Å². The van der Waals surface area contributed by atoms with Crippen molar-refractivity contribution in [3.05, 3.63) is 65.8 Å². The zero-order valence-corrected chi connectivity index (χ0v) is 20.7. The van der Waals surface area contributed by atoms with Crippen LogP contribution < -0.4 is 9.47 Å². The molecule has 3 rings (SSSR count). The van der Waals surface area contributed by atoms with Crippen molar-refractivity contribution >= 4 is 5.97 Å². The van der Waals surface area contributed by atoms with E-state index in [1.54, 1.807) is 6.07 Å². The lowest BCUT2D eigenvalue weighted by Crippen LogP contribution is -2.10. The van der Waals surface area contributed by atoms with Gasteiger partial charge < -0.3 is 9.47 Å². The van der Waals surface area contributed by atoms with Crippen LogP contribution in [0, 0.1) is 18.2 Å². The van der Waals surface area contributed by atoms with Gasteiger partial charge in [0.05, 0.1) is 12.2 Å². The smallest absolute Gasteiger partial charge is 0.343 e. The Morgan fingerprint density at radius 3 is 2.35 bits per heavy atom. The SMILES string of the molecule is CCCCCCCCCOc1ccc(C(=O)Oc2ccc(CCC3CC[CH]CC3)cc2)cc1F. The van der Waals surface area contributed by atoms with Crippen molar-refractivity contribution in [1.29, 1.82) is 0 Å². The summed E-state index contributed by atoms with van der Waals surface area (Å²) in [6, 6.07) is 11.9. The lowest BCUT2D eigenvalue weighted by Gasteiger charge is -2.21. The van der Waals surface area contributed by atoms with E-state index in [0.717, 1.165) is 25.2 Å². The van der Waals surface area contributed by atoms with Crippen molar-refractivity contribution in [3.63, 3.8) is 0 Å². The molecule has 0 amide bonds. The summed E-state index contributed by atoms with van der Waals surface area (Å²) in [5, 5.41) is 0. The summed E-state index contributed by atoms with van der Waals surface area (Å²) in [5.74, 6) is 0.375. The molecule has 0 aliphatic heterocycles. The molecule has 0 unspecified atom stereocenters. The van der Waals surface area contributed by atoms with Crippen LogP contribution in [-0.4, -0.2) is 12.6 Å². The molecule has 0 bridgehead atoms. The van der Waals surface area contributed by atoms with Gasteiger partial charge in [0.25, 0.3) is 0 Å². The Morgan fingerprint density at radius 2 is 1.65 bits per heavy atom. The number of ether oxygens (including phenoxy) is 2. The predicted molar refractivity (Wildman–Crippen MR) is 136 cm³/mol. The molecule has 0 spiro atoms. The van der Waals surface area contributed by atoms with E-state index < -0.39 is 11.8 Å². The molecule has 1 aliphatic carbocycles. The Kier molecular flexibility index (Phi) is 11.4. The van der Waals surface area contributed by atoms with Gasteiger partial charge in [0.15, 0.2) is 11.6 Å². The molecule has 4 heteroatoms. The molecule has 0 aromatic heterocycles. The van der Waals surface area contributed by atoms with Crippen LogP contribution in [0.25, 0.3) is 0 Å². The number of carbonyl (C=O) groups excluding carboxylic acids is 1. The lowest BCUT2D eigenvalue weighted by molar-refractivity contribution is 0.0734. The summed E-state index contributed by atoms with van der Waals surface area (Å²) in [6.45, 7) is 2.70. The number of esters is 1. The Hall–Kier alpha value is -2.36. The van der Waals surface area contributed by atoms with E-state index in [2.05, 4.69) is 13.3 Å². The topological polar surface area (TPSA) is 35.5 Å². The van der Waals surface area contributed by atoms with Crippen LogP contribution in [0.5, 0.6) is 11.5 Å². The third kappa shape index (κ3) is 9.12. The van der Waals surface area contributed by atoms with Gasteiger partial charge in [-0.15, -0.1) is 0 Å². The maximum absolute atomic E-state index is 14.4. The Morgan fingerprint density at radius 1 is 0.941 bits per heavy atom. The van der Waals surface area contributed by atoms with Gasteiger partial charge in [-0.3, -0.25) is 0 Å². The highest BCUT2D eigenvalue weighted by Crippen LogP contribution is 2.27. The van der Waals surface area contributed by atoms with E-state index in [-0.39, 0.29) is 11.3 Å². The molecule has 1 radical (unpaired) electrons. The Labute approximate surface area is 205 Å². The summed E-state index contributed by atoms with van der Waals surface area (Å²) in [4.78, 5) is 12.5. The number of hydrogen-bond donors (Lipinski definition) is 0. The van der Waals surface area contributed by atoms with E-state index in [0.29, 0.717) is 12.4 Å². The average Bonchev–Trinajstić information content (AvgIpc) is 2.86. The first-order valence-corrected chi connectivity index (χ1v) is 13.2. The van der Waals surface area contributed by atoms with Crippen LogP contribution in [0.15, 0.2) is 42.5 Å². The number of benzene rings is 2. The highest BCUT2D eigenvalue weighted by molar-refractivity contribution is 5.91. The molecule has 0 atom stereocenters. The van der Waals surface area contributed by atoms with Gasteiger partial charge in [-0.05, 0) is 80.3 Å². The molecule has 2 aromatic rings. The lowest BCUT2D eigenvalue weighted by atomic mass is 9.85. The van der Waals surface area contributed by atoms with Gasteiger partial charge in [-0.1, -0.05) is 70.4 Å². The van der Waals surface area contributed by atoms with Crippen LogP contribution >= 0.6 is 0 Å². The van der Waals surface area contributed by atoms with E-state index >= 15 is 0 Å². The van der Waals surface area contributed by atoms with E-state index in [1.807, 2.05) is 24.3 Å². The third-order valence-electron chi connectivity index (χ3n) is 6.71. The molecule has 0 N–H and O–H groups in total. The molecule has 2 aromatic carbocycles. The number of halogens is 1. The highest BCUT2D eigenvalue weighted by atomic mass is 19.1. The highest BCUT2D eigenvalue weighted by Gasteiger charge is 2.15. The second-order valence-corrected chi connectivity index (χ2v) is 9.50. The van der Waals surface area contributed by atoms with Crippen molar-refractivity contribution in [1.82, 2.24) is 0 Å². The van der Waals surface area contributed by atoms with E-state index in [1.165, 1.54) is 81.9 Å². The number of rotatable bonds is 14. The summed E-state index contributed by atoms with van der Waals surface area (Å²) in [5.41, 5.74) is 1.43. The largest absolute Gasteiger partial charge is 0.491 e. The fourth-order valence-electron chi connectivity index (χ4n) is 4.53. The van der Waals surface area contributed by atoms with Gasteiger partial charge in [0.1, 0.15) is 5.75 Å². The van der Waals surface area contributed by atoms with Crippen LogP contribution in [0.1, 0.15) is 99.9 Å². The Bertz CT molecular complexity index is 856. The van der Waals surface area contributed by atoms with E-state index in [9.17, 15) is 9.18 Å². The number of hydrogen-bond acceptors (Lipinski definition) is 3. The summed E-state index contributed by atoms with van der Waals surface area (Å²) in [7, 11) is 0. The first kappa shape index (κ1) is 26.2. The first-order valence-electron chi connectivity index (χ1n) is 13.2. The molecule has 1 fully saturated rings. The van der Waals surface area contributed by atoms with Crippen molar-refractivity contribution in [2.24, 2.45) is 5.92 Å². The average molecular weight is 468 g/mol. The minimum atomic E-state index is -0.566. The molecule has 1 aliphatic rings. The Balaban J connectivity index is 1.39. The maximum Gasteiger partial charge on any atom is 0.343 e. The van der Waals surface area contributed by atoms with Gasteiger partial charge in [-0.2, -0.15) is 0 Å². The molecule has 1 saturated carbocycles. The van der Waals surface area contributed by atoms with Crippen molar-refractivity contribution in [3.8, 4) is 11.5 Å². The van der Waals surface area contributed by atoms with Crippen molar-refractivity contribution < 1.29 is 18.7 Å². The second-order valence-electron chi connectivity index (χ2n) is 9.50. The predicted octanol–water partition coefficient (Wildman–Crippen LogP) is 8.50. The van der Waals surface area contributed by atoms with Gasteiger partial charge in [-0.25, -0.2) is 9.18 Å². The summed E-state index contributed by atoms with van der Waals surface area (Å²) >= 11 is 0. The zero-order valence-electron chi connectivity index (χ0n) is 20.7. The standard InChI is InChI=1S/C30H40FO3/c1-2-3-4-5-6-7-11-22-33-29-21-18-26(23-28(29)31)30(32)34-27-19-16-25(17-20-27)15-14-24-12-9-8-10-13-24/h8,16-21,23-24H,2-7,9-15,22H2,1H3. The number of unbranched alkanes of at least 4 members (excludes halogenated alkanes) is 6. The van der Waals surface area contributed by atoms with Gasteiger partial charge in [0, 0.05) is 0 Å². The minimum Gasteiger partial charge on any atom is -0.491 e. The summed E-state index contributed by atoms with van der Waals surface area (Å²) in [6.07, 6.45) is 18.0. The maximum atomic E-state index is 14.4. The number of aryl methyl sites for hydroxylation is 1. The third-order valence-corrected chi connectivity index (χ3v) is 6.71. The summed E-state index contributed by atoms with van der Waals surface area (Å²) < 4.78 is 25.4. The minimum absolute atomic E-state index is 0.180. The second kappa shape index (κ2) is 14.8. The van der Waals surface area contributed by atoms with Crippen LogP contribution in [0.4, 0.5) is 4.39 Å².